The summed E-state index contributed by atoms with van der Waals surface area (Å²) in [4.78, 5) is 19.1. The molecule has 1 aromatic heterocycles. The first-order valence-corrected chi connectivity index (χ1v) is 9.87. The van der Waals surface area contributed by atoms with E-state index < -0.39 is 10.0 Å². The van der Waals surface area contributed by atoms with E-state index in [1.807, 2.05) is 6.07 Å². The molecule has 1 saturated heterocycles. The molecule has 7 nitrogen and oxygen atoms in total. The number of benzene rings is 1. The van der Waals surface area contributed by atoms with Crippen LogP contribution in [0, 0.1) is 0 Å². The van der Waals surface area contributed by atoms with Crippen molar-refractivity contribution in [1.82, 2.24) is 9.29 Å². The summed E-state index contributed by atoms with van der Waals surface area (Å²) in [5, 5.41) is 2.76. The van der Waals surface area contributed by atoms with Crippen molar-refractivity contribution in [1.29, 1.82) is 0 Å². The van der Waals surface area contributed by atoms with Gasteiger partial charge in [0.1, 0.15) is 5.82 Å². The Kier molecular flexibility index (Phi) is 5.24. The molecule has 2 heterocycles. The van der Waals surface area contributed by atoms with Crippen molar-refractivity contribution in [3.63, 3.8) is 0 Å². The molecule has 2 aromatic rings. The smallest absolute Gasteiger partial charge is 0.255 e. The molecule has 1 amide bonds. The lowest BCUT2D eigenvalue weighted by atomic mass is 10.2. The first-order valence-electron chi connectivity index (χ1n) is 8.43. The van der Waals surface area contributed by atoms with E-state index in [-0.39, 0.29) is 16.4 Å². The average molecular weight is 374 g/mol. The molecule has 0 saturated carbocycles. The van der Waals surface area contributed by atoms with Gasteiger partial charge in [-0.2, -0.15) is 0 Å². The lowest BCUT2D eigenvalue weighted by Gasteiger charge is -2.16. The third-order valence-corrected chi connectivity index (χ3v) is 6.12. The van der Waals surface area contributed by atoms with Crippen molar-refractivity contribution >= 4 is 27.4 Å². The first-order chi connectivity index (χ1) is 12.4. The van der Waals surface area contributed by atoms with Gasteiger partial charge in [-0.25, -0.2) is 17.7 Å². The zero-order chi connectivity index (χ0) is 18.7. The van der Waals surface area contributed by atoms with Crippen molar-refractivity contribution in [3.8, 4) is 0 Å². The molecule has 0 radical (unpaired) electrons. The van der Waals surface area contributed by atoms with E-state index in [0.29, 0.717) is 5.69 Å². The highest BCUT2D eigenvalue weighted by Crippen LogP contribution is 2.20. The number of hydrogen-bond donors (Lipinski definition) is 1. The van der Waals surface area contributed by atoms with Crippen LogP contribution < -0.4 is 10.2 Å². The summed E-state index contributed by atoms with van der Waals surface area (Å²) < 4.78 is 25.5. The molecule has 26 heavy (non-hydrogen) atoms. The van der Waals surface area contributed by atoms with Crippen molar-refractivity contribution in [3.05, 3.63) is 48.2 Å². The molecule has 0 spiro atoms. The second-order valence-corrected chi connectivity index (χ2v) is 8.52. The summed E-state index contributed by atoms with van der Waals surface area (Å²) in [7, 11) is -0.677. The number of amides is 1. The number of nitrogens with zero attached hydrogens (tertiary/aromatic N) is 3. The highest BCUT2D eigenvalue weighted by molar-refractivity contribution is 7.89. The van der Waals surface area contributed by atoms with Crippen LogP contribution in [-0.4, -0.2) is 50.8 Å². The average Bonchev–Trinajstić information content (AvgIpc) is 3.17. The van der Waals surface area contributed by atoms with E-state index in [1.165, 1.54) is 39.1 Å². The van der Waals surface area contributed by atoms with E-state index in [9.17, 15) is 13.2 Å². The summed E-state index contributed by atoms with van der Waals surface area (Å²) in [6.07, 6.45) is 3.96. The van der Waals surface area contributed by atoms with Crippen LogP contribution in [0.25, 0.3) is 0 Å². The highest BCUT2D eigenvalue weighted by Gasteiger charge is 2.19. The Hall–Kier alpha value is -2.45. The van der Waals surface area contributed by atoms with E-state index in [2.05, 4.69) is 15.2 Å². The molecular formula is C18H22N4O3S. The molecule has 0 unspecified atom stereocenters. The van der Waals surface area contributed by atoms with Gasteiger partial charge in [0.05, 0.1) is 16.8 Å². The normalized spacial score (nSPS) is 14.7. The number of hydrogen-bond acceptors (Lipinski definition) is 5. The van der Waals surface area contributed by atoms with Crippen molar-refractivity contribution in [2.45, 2.75) is 17.7 Å². The Morgan fingerprint density at radius 2 is 1.88 bits per heavy atom. The Balaban J connectivity index is 1.74. The first kappa shape index (κ1) is 18.3. The molecule has 0 bridgehead atoms. The van der Waals surface area contributed by atoms with Crippen LogP contribution in [0.1, 0.15) is 23.2 Å². The van der Waals surface area contributed by atoms with E-state index in [0.717, 1.165) is 23.2 Å². The maximum absolute atomic E-state index is 12.4. The molecule has 138 valence electrons. The lowest BCUT2D eigenvalue weighted by Crippen LogP contribution is -2.23. The molecule has 1 aromatic carbocycles. The van der Waals surface area contributed by atoms with E-state index in [1.54, 1.807) is 24.4 Å². The van der Waals surface area contributed by atoms with Gasteiger partial charge >= 0.3 is 0 Å². The SMILES string of the molecule is CN(C)S(=O)(=O)c1cccc(C(=O)Nc2ccc(N3CCCC3)nc2)c1. The van der Waals surface area contributed by atoms with Crippen LogP contribution in [0.5, 0.6) is 0 Å². The van der Waals surface area contributed by atoms with Gasteiger partial charge < -0.3 is 10.2 Å². The summed E-state index contributed by atoms with van der Waals surface area (Å²) in [6.45, 7) is 2.01. The fourth-order valence-corrected chi connectivity index (χ4v) is 3.75. The van der Waals surface area contributed by atoms with Gasteiger partial charge in [-0.3, -0.25) is 4.79 Å². The number of sulfonamides is 1. The summed E-state index contributed by atoms with van der Waals surface area (Å²) in [5.41, 5.74) is 0.843. The van der Waals surface area contributed by atoms with Crippen LogP contribution in [0.2, 0.25) is 0 Å². The van der Waals surface area contributed by atoms with Gasteiger partial charge in [-0.15, -0.1) is 0 Å². The third kappa shape index (κ3) is 3.86. The minimum atomic E-state index is -3.59. The number of rotatable bonds is 5. The molecule has 0 aliphatic carbocycles. The zero-order valence-corrected chi connectivity index (χ0v) is 15.7. The van der Waals surface area contributed by atoms with Crippen LogP contribution >= 0.6 is 0 Å². The van der Waals surface area contributed by atoms with E-state index >= 15 is 0 Å². The van der Waals surface area contributed by atoms with Crippen molar-refractivity contribution < 1.29 is 13.2 Å². The minimum absolute atomic E-state index is 0.0812. The quantitative estimate of drug-likeness (QED) is 0.867. The van der Waals surface area contributed by atoms with Gasteiger partial charge in [0.2, 0.25) is 10.0 Å². The second kappa shape index (κ2) is 7.43. The summed E-state index contributed by atoms with van der Waals surface area (Å²) in [6, 6.07) is 9.66. The number of anilines is 2. The topological polar surface area (TPSA) is 82.6 Å². The van der Waals surface area contributed by atoms with E-state index in [4.69, 9.17) is 0 Å². The highest BCUT2D eigenvalue weighted by atomic mass is 32.2. The predicted octanol–water partition coefficient (Wildman–Crippen LogP) is 2.18. The minimum Gasteiger partial charge on any atom is -0.357 e. The summed E-state index contributed by atoms with van der Waals surface area (Å²) in [5.74, 6) is 0.524. The monoisotopic (exact) mass is 374 g/mol. The molecule has 1 N–H and O–H groups in total. The summed E-state index contributed by atoms with van der Waals surface area (Å²) >= 11 is 0. The standard InChI is InChI=1S/C18H22N4O3S/c1-21(2)26(24,25)16-7-5-6-14(12-16)18(23)20-15-8-9-17(19-13-15)22-10-3-4-11-22/h5-9,12-13H,3-4,10-11H2,1-2H3,(H,20,23). The Labute approximate surface area is 153 Å². The Morgan fingerprint density at radius 1 is 1.15 bits per heavy atom. The molecule has 1 aliphatic heterocycles. The molecule has 0 atom stereocenters. The Morgan fingerprint density at radius 3 is 2.50 bits per heavy atom. The number of aromatic nitrogens is 1. The second-order valence-electron chi connectivity index (χ2n) is 6.37. The number of nitrogens with one attached hydrogen (secondary N) is 1. The van der Waals surface area contributed by atoms with Crippen LogP contribution in [0.3, 0.4) is 0 Å². The number of carbonyl (C=O) groups excluding carboxylic acids is 1. The molecule has 1 fully saturated rings. The van der Waals surface area contributed by atoms with Gasteiger partial charge in [-0.05, 0) is 43.2 Å². The van der Waals surface area contributed by atoms with Crippen molar-refractivity contribution in [2.75, 3.05) is 37.4 Å². The van der Waals surface area contributed by atoms with Crippen LogP contribution in [0.15, 0.2) is 47.5 Å². The fourth-order valence-electron chi connectivity index (χ4n) is 2.81. The predicted molar refractivity (Wildman–Crippen MR) is 101 cm³/mol. The number of carbonyl (C=O) groups is 1. The molecular weight excluding hydrogens is 352 g/mol. The van der Waals surface area contributed by atoms with Gasteiger partial charge in [0, 0.05) is 32.7 Å². The van der Waals surface area contributed by atoms with Crippen molar-refractivity contribution in [2.24, 2.45) is 0 Å². The van der Waals surface area contributed by atoms with Gasteiger partial charge in [0.25, 0.3) is 5.91 Å². The zero-order valence-electron chi connectivity index (χ0n) is 14.8. The van der Waals surface area contributed by atoms with Crippen LogP contribution in [-0.2, 0) is 10.0 Å². The largest absolute Gasteiger partial charge is 0.357 e. The fraction of sp³-hybridized carbons (Fsp3) is 0.333. The molecule has 8 heteroatoms. The molecule has 3 rings (SSSR count). The van der Waals surface area contributed by atoms with Gasteiger partial charge in [-0.1, -0.05) is 6.07 Å². The van der Waals surface area contributed by atoms with Crippen LogP contribution in [0.4, 0.5) is 11.5 Å². The number of pyridine rings is 1. The third-order valence-electron chi connectivity index (χ3n) is 4.31. The Bertz CT molecular complexity index is 889. The lowest BCUT2D eigenvalue weighted by molar-refractivity contribution is 0.102. The molecule has 1 aliphatic rings. The van der Waals surface area contributed by atoms with Gasteiger partial charge in [0.15, 0.2) is 0 Å². The maximum atomic E-state index is 12.4. The maximum Gasteiger partial charge on any atom is 0.255 e.